The fourth-order valence-electron chi connectivity index (χ4n) is 2.48. The van der Waals surface area contributed by atoms with Gasteiger partial charge in [-0.3, -0.25) is 4.90 Å². The van der Waals surface area contributed by atoms with Gasteiger partial charge in [-0.1, -0.05) is 26.0 Å². The number of para-hydroxylation sites is 1. The van der Waals surface area contributed by atoms with Crippen LogP contribution in [0.5, 0.6) is 0 Å². The van der Waals surface area contributed by atoms with Crippen molar-refractivity contribution in [3.8, 4) is 0 Å². The van der Waals surface area contributed by atoms with Gasteiger partial charge in [0.25, 0.3) is 0 Å². The van der Waals surface area contributed by atoms with Crippen molar-refractivity contribution in [3.63, 3.8) is 0 Å². The molecule has 3 heteroatoms. The predicted molar refractivity (Wildman–Crippen MR) is 65.3 cm³/mol. The van der Waals surface area contributed by atoms with Gasteiger partial charge in [-0.25, -0.2) is 4.39 Å². The molecule has 1 aliphatic rings. The Morgan fingerprint density at radius 1 is 1.38 bits per heavy atom. The van der Waals surface area contributed by atoms with Crippen molar-refractivity contribution in [2.45, 2.75) is 26.3 Å². The van der Waals surface area contributed by atoms with E-state index in [-0.39, 0.29) is 5.82 Å². The molecular weight excluding hydrogens is 203 g/mol. The summed E-state index contributed by atoms with van der Waals surface area (Å²) in [6.07, 6.45) is 0.946. The summed E-state index contributed by atoms with van der Waals surface area (Å²) in [6.45, 7) is 7.28. The van der Waals surface area contributed by atoms with E-state index in [1.807, 2.05) is 6.07 Å². The summed E-state index contributed by atoms with van der Waals surface area (Å²) in [7, 11) is 0. The number of benzene rings is 1. The predicted octanol–water partition coefficient (Wildman–Crippen LogP) is 2.50. The minimum Gasteiger partial charge on any atom is -0.381 e. The van der Waals surface area contributed by atoms with E-state index in [0.29, 0.717) is 11.7 Å². The van der Waals surface area contributed by atoms with Crippen LogP contribution >= 0.6 is 0 Å². The van der Waals surface area contributed by atoms with Gasteiger partial charge in [-0.05, 0) is 31.1 Å². The molecule has 1 aromatic carbocycles. The molecule has 88 valence electrons. The van der Waals surface area contributed by atoms with Crippen molar-refractivity contribution in [1.29, 1.82) is 0 Å². The van der Waals surface area contributed by atoms with Gasteiger partial charge in [0.05, 0.1) is 5.69 Å². The molecule has 0 aromatic heterocycles. The number of nitrogens with zero attached hydrogens (tertiary/aromatic N) is 1. The zero-order chi connectivity index (χ0) is 11.5. The topological polar surface area (TPSA) is 15.3 Å². The Kier molecular flexibility index (Phi) is 3.44. The average Bonchev–Trinajstić information content (AvgIpc) is 2.31. The maximum Gasteiger partial charge on any atom is 0.146 e. The Morgan fingerprint density at radius 3 is 2.81 bits per heavy atom. The van der Waals surface area contributed by atoms with Crippen molar-refractivity contribution in [3.05, 3.63) is 29.6 Å². The number of hydrogen-bond donors (Lipinski definition) is 1. The fourth-order valence-corrected chi connectivity index (χ4v) is 2.48. The highest BCUT2D eigenvalue weighted by Gasteiger charge is 2.23. The number of hydrogen-bond acceptors (Lipinski definition) is 2. The summed E-state index contributed by atoms with van der Waals surface area (Å²) >= 11 is 0. The third-order valence-corrected chi connectivity index (χ3v) is 3.40. The van der Waals surface area contributed by atoms with Crippen LogP contribution in [0.3, 0.4) is 0 Å². The van der Waals surface area contributed by atoms with Crippen LogP contribution in [0.15, 0.2) is 18.2 Å². The molecule has 0 saturated heterocycles. The molecule has 2 nitrogen and oxygen atoms in total. The molecule has 1 aromatic rings. The van der Waals surface area contributed by atoms with Gasteiger partial charge >= 0.3 is 0 Å². The van der Waals surface area contributed by atoms with Crippen LogP contribution in [0.4, 0.5) is 10.1 Å². The summed E-state index contributed by atoms with van der Waals surface area (Å²) in [5.74, 6) is -0.129. The minimum absolute atomic E-state index is 0.129. The molecular formula is C13H19FN2. The lowest BCUT2D eigenvalue weighted by atomic mass is 9.98. The molecule has 0 radical (unpaired) electrons. The SMILES string of the molecule is CCN(CC)C1CNc2c(F)cccc2C1. The number of fused-ring (bicyclic) bond motifs is 1. The minimum atomic E-state index is -0.129. The number of likely N-dealkylation sites (N-methyl/N-ethyl adjacent to an activating group) is 1. The Balaban J connectivity index is 2.17. The number of anilines is 1. The standard InChI is InChI=1S/C13H19FN2/c1-3-16(4-2)11-8-10-6-5-7-12(14)13(10)15-9-11/h5-7,11,15H,3-4,8-9H2,1-2H3. The highest BCUT2D eigenvalue weighted by atomic mass is 19.1. The highest BCUT2D eigenvalue weighted by Crippen LogP contribution is 2.26. The van der Waals surface area contributed by atoms with E-state index >= 15 is 0 Å². The van der Waals surface area contributed by atoms with E-state index in [9.17, 15) is 4.39 Å². The van der Waals surface area contributed by atoms with Crippen molar-refractivity contribution in [2.75, 3.05) is 25.0 Å². The molecule has 0 amide bonds. The first-order valence-electron chi connectivity index (χ1n) is 6.01. The van der Waals surface area contributed by atoms with E-state index < -0.39 is 0 Å². The van der Waals surface area contributed by atoms with Gasteiger partial charge in [-0.2, -0.15) is 0 Å². The second kappa shape index (κ2) is 4.83. The smallest absolute Gasteiger partial charge is 0.146 e. The summed E-state index contributed by atoms with van der Waals surface area (Å²) in [6, 6.07) is 5.81. The van der Waals surface area contributed by atoms with E-state index in [0.717, 1.165) is 31.6 Å². The molecule has 2 rings (SSSR count). The van der Waals surface area contributed by atoms with Crippen LogP contribution in [0.25, 0.3) is 0 Å². The molecule has 0 spiro atoms. The first-order chi connectivity index (χ1) is 7.76. The summed E-state index contributed by atoms with van der Waals surface area (Å²) in [5, 5.41) is 3.21. The molecule has 1 heterocycles. The normalized spacial score (nSPS) is 19.4. The second-order valence-corrected chi connectivity index (χ2v) is 4.23. The van der Waals surface area contributed by atoms with Gasteiger partial charge < -0.3 is 5.32 Å². The third kappa shape index (κ3) is 2.05. The Labute approximate surface area is 96.5 Å². The quantitative estimate of drug-likeness (QED) is 0.845. The zero-order valence-electron chi connectivity index (χ0n) is 9.96. The number of nitrogens with one attached hydrogen (secondary N) is 1. The highest BCUT2D eigenvalue weighted by molar-refractivity contribution is 5.54. The summed E-state index contributed by atoms with van der Waals surface area (Å²) in [4.78, 5) is 2.42. The lowest BCUT2D eigenvalue weighted by Gasteiger charge is -2.34. The first kappa shape index (κ1) is 11.4. The Bertz CT molecular complexity index is 361. The van der Waals surface area contributed by atoms with E-state index in [2.05, 4.69) is 24.1 Å². The molecule has 1 unspecified atom stereocenters. The maximum absolute atomic E-state index is 13.5. The molecule has 0 saturated carbocycles. The zero-order valence-corrected chi connectivity index (χ0v) is 9.96. The molecule has 0 fully saturated rings. The van der Waals surface area contributed by atoms with Crippen molar-refractivity contribution >= 4 is 5.69 Å². The van der Waals surface area contributed by atoms with Crippen molar-refractivity contribution in [1.82, 2.24) is 4.90 Å². The van der Waals surface area contributed by atoms with Crippen LogP contribution in [-0.4, -0.2) is 30.6 Å². The molecule has 1 aliphatic heterocycles. The second-order valence-electron chi connectivity index (χ2n) is 4.23. The Hall–Kier alpha value is -1.09. The van der Waals surface area contributed by atoms with Crippen LogP contribution in [0.2, 0.25) is 0 Å². The van der Waals surface area contributed by atoms with Crippen LogP contribution in [0.1, 0.15) is 19.4 Å². The van der Waals surface area contributed by atoms with Gasteiger partial charge in [0, 0.05) is 12.6 Å². The molecule has 1 N–H and O–H groups in total. The summed E-state index contributed by atoms with van der Waals surface area (Å²) in [5.41, 5.74) is 1.80. The monoisotopic (exact) mass is 222 g/mol. The van der Waals surface area contributed by atoms with Gasteiger partial charge in [0.1, 0.15) is 5.82 Å². The van der Waals surface area contributed by atoms with Gasteiger partial charge in [-0.15, -0.1) is 0 Å². The van der Waals surface area contributed by atoms with Crippen molar-refractivity contribution in [2.24, 2.45) is 0 Å². The maximum atomic E-state index is 13.5. The molecule has 0 bridgehead atoms. The molecule has 16 heavy (non-hydrogen) atoms. The van der Waals surface area contributed by atoms with E-state index in [4.69, 9.17) is 0 Å². The first-order valence-corrected chi connectivity index (χ1v) is 6.01. The average molecular weight is 222 g/mol. The lowest BCUT2D eigenvalue weighted by molar-refractivity contribution is 0.221. The van der Waals surface area contributed by atoms with Crippen LogP contribution < -0.4 is 5.32 Å². The van der Waals surface area contributed by atoms with E-state index in [1.54, 1.807) is 6.07 Å². The fraction of sp³-hybridized carbons (Fsp3) is 0.538. The molecule has 1 atom stereocenters. The third-order valence-electron chi connectivity index (χ3n) is 3.40. The van der Waals surface area contributed by atoms with Crippen LogP contribution in [-0.2, 0) is 6.42 Å². The molecule has 0 aliphatic carbocycles. The summed E-state index contributed by atoms with van der Waals surface area (Å²) < 4.78 is 13.5. The Morgan fingerprint density at radius 2 is 2.12 bits per heavy atom. The van der Waals surface area contributed by atoms with Gasteiger partial charge in [0.2, 0.25) is 0 Å². The van der Waals surface area contributed by atoms with E-state index in [1.165, 1.54) is 6.07 Å². The number of rotatable bonds is 3. The van der Waals surface area contributed by atoms with Gasteiger partial charge in [0.15, 0.2) is 0 Å². The lowest BCUT2D eigenvalue weighted by Crippen LogP contribution is -2.43. The van der Waals surface area contributed by atoms with Crippen LogP contribution in [0, 0.1) is 5.82 Å². The number of halogens is 1. The largest absolute Gasteiger partial charge is 0.381 e. The van der Waals surface area contributed by atoms with Crippen molar-refractivity contribution < 1.29 is 4.39 Å².